The van der Waals surface area contributed by atoms with Gasteiger partial charge in [-0.1, -0.05) is 25.5 Å². The second kappa shape index (κ2) is 6.04. The quantitative estimate of drug-likeness (QED) is 0.629. The normalized spacial score (nSPS) is 45.2. The van der Waals surface area contributed by atoms with Crippen molar-refractivity contribution in [1.29, 1.82) is 0 Å². The smallest absolute Gasteiger partial charge is 0.178 e. The van der Waals surface area contributed by atoms with Crippen LogP contribution in [0.3, 0.4) is 0 Å². The SMILES string of the molecule is CCOC(=S)[C@H]1CC[C@H]2[C@@H]3CCC4=CC(=O)C=C[C@]4(C)[C@H]3CC[C@]12C. The monoisotopic (exact) mass is 358 g/mol. The Morgan fingerprint density at radius 2 is 2.04 bits per heavy atom. The first-order chi connectivity index (χ1) is 11.9. The lowest BCUT2D eigenvalue weighted by atomic mass is 9.48. The Morgan fingerprint density at radius 3 is 2.80 bits per heavy atom. The van der Waals surface area contributed by atoms with Crippen molar-refractivity contribution in [3.63, 3.8) is 0 Å². The van der Waals surface area contributed by atoms with Gasteiger partial charge in [-0.05, 0) is 93.0 Å². The van der Waals surface area contributed by atoms with Crippen LogP contribution in [0.2, 0.25) is 0 Å². The predicted molar refractivity (Wildman–Crippen MR) is 104 cm³/mol. The highest BCUT2D eigenvalue weighted by Gasteiger charge is 2.59. The number of allylic oxidation sites excluding steroid dienone is 4. The van der Waals surface area contributed by atoms with Crippen LogP contribution in [0.1, 0.15) is 59.3 Å². The average molecular weight is 359 g/mol. The maximum atomic E-state index is 11.8. The Morgan fingerprint density at radius 1 is 1.24 bits per heavy atom. The van der Waals surface area contributed by atoms with Crippen molar-refractivity contribution >= 4 is 23.1 Å². The van der Waals surface area contributed by atoms with E-state index in [0.717, 1.165) is 23.3 Å². The minimum atomic E-state index is 0.0939. The van der Waals surface area contributed by atoms with Gasteiger partial charge in [0.15, 0.2) is 10.8 Å². The van der Waals surface area contributed by atoms with Crippen LogP contribution in [-0.4, -0.2) is 17.4 Å². The molecular weight excluding hydrogens is 328 g/mol. The standard InChI is InChI=1S/C22H30O2S/c1-4-24-20(25)19-8-7-17-16-6-5-14-13-15(23)9-11-21(14,2)18(16)10-12-22(17,19)3/h9,11,13,16-19H,4-8,10,12H2,1-3H3/t16-,17-,18-,19+,21-,22-/m0/s1. The Bertz CT molecular complexity index is 663. The van der Waals surface area contributed by atoms with Gasteiger partial charge in [-0.15, -0.1) is 0 Å². The summed E-state index contributed by atoms with van der Waals surface area (Å²) in [6.45, 7) is 7.57. The molecule has 0 spiro atoms. The molecule has 0 aromatic heterocycles. The predicted octanol–water partition coefficient (Wildman–Crippen LogP) is 5.27. The van der Waals surface area contributed by atoms with Crippen molar-refractivity contribution in [1.82, 2.24) is 0 Å². The van der Waals surface area contributed by atoms with E-state index in [-0.39, 0.29) is 11.2 Å². The molecule has 0 aromatic carbocycles. The molecule has 3 heteroatoms. The largest absolute Gasteiger partial charge is 0.487 e. The highest BCUT2D eigenvalue weighted by Crippen LogP contribution is 2.66. The summed E-state index contributed by atoms with van der Waals surface area (Å²) in [5, 5.41) is 0.858. The van der Waals surface area contributed by atoms with Crippen molar-refractivity contribution in [2.45, 2.75) is 59.3 Å². The molecule has 3 saturated carbocycles. The molecular formula is C22H30O2S. The van der Waals surface area contributed by atoms with E-state index in [9.17, 15) is 4.79 Å². The minimum absolute atomic E-state index is 0.0939. The van der Waals surface area contributed by atoms with Gasteiger partial charge in [-0.2, -0.15) is 0 Å². The lowest BCUT2D eigenvalue weighted by molar-refractivity contribution is -0.111. The summed E-state index contributed by atoms with van der Waals surface area (Å²) in [6, 6.07) is 0. The summed E-state index contributed by atoms with van der Waals surface area (Å²) in [7, 11) is 0. The topological polar surface area (TPSA) is 26.3 Å². The molecule has 2 nitrogen and oxygen atoms in total. The molecule has 0 bridgehead atoms. The van der Waals surface area contributed by atoms with E-state index >= 15 is 0 Å². The summed E-state index contributed by atoms with van der Waals surface area (Å²) in [6.07, 6.45) is 13.2. The number of hydrogen-bond acceptors (Lipinski definition) is 3. The molecule has 3 fully saturated rings. The Labute approximate surface area is 157 Å². The van der Waals surface area contributed by atoms with E-state index in [2.05, 4.69) is 19.9 Å². The third kappa shape index (κ3) is 2.49. The van der Waals surface area contributed by atoms with Gasteiger partial charge in [0, 0.05) is 11.3 Å². The van der Waals surface area contributed by atoms with E-state index in [1.54, 1.807) is 6.08 Å². The van der Waals surface area contributed by atoms with Gasteiger partial charge in [0.2, 0.25) is 0 Å². The molecule has 136 valence electrons. The van der Waals surface area contributed by atoms with Crippen LogP contribution in [0.25, 0.3) is 0 Å². The number of carbonyl (C=O) groups is 1. The number of ether oxygens (including phenoxy) is 1. The lowest BCUT2D eigenvalue weighted by Gasteiger charge is -2.57. The first-order valence-corrected chi connectivity index (χ1v) is 10.4. The van der Waals surface area contributed by atoms with Crippen LogP contribution in [0.5, 0.6) is 0 Å². The summed E-state index contributed by atoms with van der Waals surface area (Å²) in [4.78, 5) is 11.8. The summed E-state index contributed by atoms with van der Waals surface area (Å²) < 4.78 is 5.77. The summed E-state index contributed by atoms with van der Waals surface area (Å²) in [5.41, 5.74) is 1.78. The highest BCUT2D eigenvalue weighted by atomic mass is 32.1. The van der Waals surface area contributed by atoms with E-state index in [4.69, 9.17) is 17.0 Å². The Kier molecular flexibility index (Phi) is 4.22. The summed E-state index contributed by atoms with van der Waals surface area (Å²) >= 11 is 5.65. The zero-order valence-corrected chi connectivity index (χ0v) is 16.5. The van der Waals surface area contributed by atoms with Crippen LogP contribution in [0, 0.1) is 34.5 Å². The fraction of sp³-hybridized carbons (Fsp3) is 0.727. The molecule has 0 amide bonds. The Balaban J connectivity index is 1.62. The second-order valence-corrected chi connectivity index (χ2v) is 9.43. The number of ketones is 1. The molecule has 0 aliphatic heterocycles. The molecule has 4 aliphatic rings. The van der Waals surface area contributed by atoms with Crippen molar-refractivity contribution < 1.29 is 9.53 Å². The number of carbonyl (C=O) groups excluding carboxylic acids is 1. The number of hydrogen-bond donors (Lipinski definition) is 0. The van der Waals surface area contributed by atoms with Gasteiger partial charge in [0.25, 0.3) is 0 Å². The fourth-order valence-electron chi connectivity index (χ4n) is 6.83. The van der Waals surface area contributed by atoms with Crippen molar-refractivity contribution in [3.05, 3.63) is 23.8 Å². The summed E-state index contributed by atoms with van der Waals surface area (Å²) in [5.74, 6) is 2.80. The van der Waals surface area contributed by atoms with E-state index < -0.39 is 0 Å². The van der Waals surface area contributed by atoms with E-state index in [1.165, 1.54) is 37.7 Å². The highest BCUT2D eigenvalue weighted by molar-refractivity contribution is 7.80. The fourth-order valence-corrected chi connectivity index (χ4v) is 7.33. The maximum absolute atomic E-state index is 11.8. The van der Waals surface area contributed by atoms with Crippen LogP contribution >= 0.6 is 12.2 Å². The molecule has 0 heterocycles. The molecule has 0 radical (unpaired) electrons. The number of rotatable bonds is 2. The molecule has 0 saturated heterocycles. The third-order valence-corrected chi connectivity index (χ3v) is 8.53. The molecule has 0 N–H and O–H groups in total. The van der Waals surface area contributed by atoms with E-state index in [1.807, 2.05) is 13.0 Å². The zero-order valence-electron chi connectivity index (χ0n) is 15.7. The first-order valence-electron chi connectivity index (χ1n) is 10.0. The van der Waals surface area contributed by atoms with Gasteiger partial charge in [0.05, 0.1) is 6.61 Å². The third-order valence-electron chi connectivity index (χ3n) is 8.13. The van der Waals surface area contributed by atoms with Gasteiger partial charge < -0.3 is 4.74 Å². The maximum Gasteiger partial charge on any atom is 0.178 e. The van der Waals surface area contributed by atoms with Crippen LogP contribution in [-0.2, 0) is 9.53 Å². The van der Waals surface area contributed by atoms with Crippen molar-refractivity contribution in [2.24, 2.45) is 34.5 Å². The minimum Gasteiger partial charge on any atom is -0.487 e. The number of fused-ring (bicyclic) bond motifs is 5. The van der Waals surface area contributed by atoms with Crippen LogP contribution in [0.15, 0.2) is 23.8 Å². The van der Waals surface area contributed by atoms with Gasteiger partial charge in [-0.25, -0.2) is 0 Å². The van der Waals surface area contributed by atoms with Crippen LogP contribution in [0.4, 0.5) is 0 Å². The van der Waals surface area contributed by atoms with Crippen LogP contribution < -0.4 is 0 Å². The van der Waals surface area contributed by atoms with Crippen molar-refractivity contribution in [2.75, 3.05) is 6.61 Å². The molecule has 4 aliphatic carbocycles. The molecule has 0 unspecified atom stereocenters. The van der Waals surface area contributed by atoms with Gasteiger partial charge in [0.1, 0.15) is 0 Å². The van der Waals surface area contributed by atoms with Crippen molar-refractivity contribution in [3.8, 4) is 0 Å². The zero-order chi connectivity index (χ0) is 17.8. The number of thiocarbonyl (C=S) groups is 1. The van der Waals surface area contributed by atoms with Gasteiger partial charge in [-0.3, -0.25) is 4.79 Å². The van der Waals surface area contributed by atoms with E-state index in [0.29, 0.717) is 23.9 Å². The second-order valence-electron chi connectivity index (χ2n) is 9.03. The lowest BCUT2D eigenvalue weighted by Crippen LogP contribution is -2.50. The van der Waals surface area contributed by atoms with Gasteiger partial charge >= 0.3 is 0 Å². The molecule has 6 atom stereocenters. The molecule has 25 heavy (non-hydrogen) atoms. The molecule has 0 aromatic rings. The average Bonchev–Trinajstić information content (AvgIpc) is 2.93. The molecule has 4 rings (SSSR count). The Hall–Kier alpha value is -0.960. The first kappa shape index (κ1) is 17.5.